The molecule has 116 valence electrons. The highest BCUT2D eigenvalue weighted by Crippen LogP contribution is 2.26. The molecule has 1 amide bonds. The van der Waals surface area contributed by atoms with Gasteiger partial charge in [-0.15, -0.1) is 0 Å². The Morgan fingerprint density at radius 1 is 1.09 bits per heavy atom. The zero-order chi connectivity index (χ0) is 16.2. The summed E-state index contributed by atoms with van der Waals surface area (Å²) in [6, 6.07) is 14.9. The lowest BCUT2D eigenvalue weighted by Gasteiger charge is -2.11. The van der Waals surface area contributed by atoms with Crippen LogP contribution in [0, 0.1) is 0 Å². The van der Waals surface area contributed by atoms with Crippen LogP contribution in [0.15, 0.2) is 59.3 Å². The topological polar surface area (TPSA) is 29.1 Å². The zero-order valence-electron chi connectivity index (χ0n) is 12.1. The van der Waals surface area contributed by atoms with E-state index < -0.39 is 0 Å². The van der Waals surface area contributed by atoms with E-state index in [9.17, 15) is 4.79 Å². The minimum atomic E-state index is -0.216. The normalized spacial score (nSPS) is 10.5. The van der Waals surface area contributed by atoms with Crippen LogP contribution in [0.25, 0.3) is 11.1 Å². The number of carbonyl (C=O) groups is 1. The fraction of sp³-hybridized carbons (Fsp3) is 0.0556. The van der Waals surface area contributed by atoms with E-state index in [4.69, 9.17) is 23.2 Å². The van der Waals surface area contributed by atoms with Gasteiger partial charge in [0, 0.05) is 11.6 Å². The Kier molecular flexibility index (Phi) is 5.01. The first-order valence-corrected chi connectivity index (χ1v) is 8.69. The molecule has 0 aliphatic rings. The number of rotatable bonds is 4. The van der Waals surface area contributed by atoms with Crippen LogP contribution >= 0.6 is 34.5 Å². The third-order valence-corrected chi connectivity index (χ3v) is 4.70. The van der Waals surface area contributed by atoms with Crippen molar-refractivity contribution in [1.82, 2.24) is 5.32 Å². The van der Waals surface area contributed by atoms with Gasteiger partial charge in [0.1, 0.15) is 0 Å². The lowest BCUT2D eigenvalue weighted by atomic mass is 10.0. The molecule has 0 unspecified atom stereocenters. The minimum absolute atomic E-state index is 0.216. The minimum Gasteiger partial charge on any atom is -0.348 e. The van der Waals surface area contributed by atoms with Crippen LogP contribution in [0.5, 0.6) is 0 Å². The van der Waals surface area contributed by atoms with Crippen molar-refractivity contribution in [1.29, 1.82) is 0 Å². The molecular formula is C18H13Cl2NOS. The monoisotopic (exact) mass is 361 g/mol. The quantitative estimate of drug-likeness (QED) is 0.638. The van der Waals surface area contributed by atoms with Crippen molar-refractivity contribution in [2.24, 2.45) is 0 Å². The second kappa shape index (κ2) is 7.18. The fourth-order valence-corrected chi connectivity index (χ4v) is 3.47. The van der Waals surface area contributed by atoms with Gasteiger partial charge in [0.05, 0.1) is 10.6 Å². The van der Waals surface area contributed by atoms with Crippen molar-refractivity contribution in [3.63, 3.8) is 0 Å². The largest absolute Gasteiger partial charge is 0.348 e. The molecular weight excluding hydrogens is 349 g/mol. The average Bonchev–Trinajstić information content (AvgIpc) is 3.07. The van der Waals surface area contributed by atoms with Crippen LogP contribution < -0.4 is 5.32 Å². The summed E-state index contributed by atoms with van der Waals surface area (Å²) < 4.78 is 0. The second-order valence-corrected chi connectivity index (χ2v) is 6.60. The molecule has 5 heteroatoms. The molecule has 0 bridgehead atoms. The molecule has 0 spiro atoms. The molecule has 1 N–H and O–H groups in total. The highest BCUT2D eigenvalue weighted by Gasteiger charge is 2.12. The summed E-state index contributed by atoms with van der Waals surface area (Å²) in [6.45, 7) is 0.434. The van der Waals surface area contributed by atoms with Gasteiger partial charge in [-0.2, -0.15) is 11.3 Å². The summed E-state index contributed by atoms with van der Waals surface area (Å²) in [5.41, 5.74) is 3.76. The maximum atomic E-state index is 12.3. The number of benzene rings is 2. The molecule has 23 heavy (non-hydrogen) atoms. The van der Waals surface area contributed by atoms with E-state index in [2.05, 4.69) is 22.8 Å². The highest BCUT2D eigenvalue weighted by atomic mass is 35.5. The van der Waals surface area contributed by atoms with Gasteiger partial charge in [-0.3, -0.25) is 4.79 Å². The Hall–Kier alpha value is -1.81. The molecule has 0 aliphatic carbocycles. The number of hydrogen-bond acceptors (Lipinski definition) is 2. The first kappa shape index (κ1) is 16.1. The predicted molar refractivity (Wildman–Crippen MR) is 97.4 cm³/mol. The second-order valence-electron chi connectivity index (χ2n) is 4.98. The van der Waals surface area contributed by atoms with Crippen molar-refractivity contribution in [3.8, 4) is 11.1 Å². The number of hydrogen-bond donors (Lipinski definition) is 1. The number of halogens is 2. The first-order chi connectivity index (χ1) is 11.1. The van der Waals surface area contributed by atoms with Crippen LogP contribution in [0.2, 0.25) is 10.0 Å². The van der Waals surface area contributed by atoms with Gasteiger partial charge in [-0.05, 0) is 51.7 Å². The Morgan fingerprint density at radius 3 is 2.65 bits per heavy atom. The molecule has 0 saturated heterocycles. The summed E-state index contributed by atoms with van der Waals surface area (Å²) >= 11 is 13.6. The Morgan fingerprint density at radius 2 is 1.91 bits per heavy atom. The molecule has 0 aliphatic heterocycles. The van der Waals surface area contributed by atoms with Gasteiger partial charge in [-0.25, -0.2) is 0 Å². The molecule has 1 heterocycles. The lowest BCUT2D eigenvalue weighted by Crippen LogP contribution is -2.23. The van der Waals surface area contributed by atoms with Gasteiger partial charge < -0.3 is 5.32 Å². The Labute approximate surface area is 148 Å². The Bertz CT molecular complexity index is 831. The van der Waals surface area contributed by atoms with Crippen LogP contribution in [-0.4, -0.2) is 5.91 Å². The predicted octanol–water partition coefficient (Wildman–Crippen LogP) is 5.65. The van der Waals surface area contributed by atoms with E-state index in [0.717, 1.165) is 16.7 Å². The summed E-state index contributed by atoms with van der Waals surface area (Å²) in [7, 11) is 0. The van der Waals surface area contributed by atoms with E-state index in [0.29, 0.717) is 22.2 Å². The third kappa shape index (κ3) is 3.75. The summed E-state index contributed by atoms with van der Waals surface area (Å²) in [5.74, 6) is -0.216. The van der Waals surface area contributed by atoms with Crippen molar-refractivity contribution in [2.75, 3.05) is 0 Å². The van der Waals surface area contributed by atoms with Crippen molar-refractivity contribution < 1.29 is 4.79 Å². The molecule has 2 nitrogen and oxygen atoms in total. The first-order valence-electron chi connectivity index (χ1n) is 6.99. The number of amides is 1. The number of carbonyl (C=O) groups excluding carboxylic acids is 1. The molecule has 3 aromatic rings. The summed E-state index contributed by atoms with van der Waals surface area (Å²) in [4.78, 5) is 12.3. The van der Waals surface area contributed by atoms with E-state index in [-0.39, 0.29) is 5.91 Å². The summed E-state index contributed by atoms with van der Waals surface area (Å²) in [6.07, 6.45) is 0. The number of thiophene rings is 1. The molecule has 1 aromatic heterocycles. The molecule has 0 saturated carbocycles. The highest BCUT2D eigenvalue weighted by molar-refractivity contribution is 7.08. The maximum Gasteiger partial charge on any atom is 0.253 e. The molecule has 0 radical (unpaired) electrons. The third-order valence-electron chi connectivity index (χ3n) is 3.46. The van der Waals surface area contributed by atoms with Gasteiger partial charge in [0.25, 0.3) is 5.91 Å². The lowest BCUT2D eigenvalue weighted by molar-refractivity contribution is 0.0951. The van der Waals surface area contributed by atoms with Gasteiger partial charge >= 0.3 is 0 Å². The molecule has 0 atom stereocenters. The van der Waals surface area contributed by atoms with Gasteiger partial charge in [0.15, 0.2) is 0 Å². The van der Waals surface area contributed by atoms with Crippen molar-refractivity contribution in [3.05, 3.63) is 80.5 Å². The SMILES string of the molecule is O=C(NCc1ccccc1-c1ccsc1)c1ccc(Cl)cc1Cl. The van der Waals surface area contributed by atoms with Crippen molar-refractivity contribution in [2.45, 2.75) is 6.54 Å². The van der Waals surface area contributed by atoms with E-state index in [1.165, 1.54) is 0 Å². The van der Waals surface area contributed by atoms with Crippen LogP contribution in [-0.2, 0) is 6.54 Å². The standard InChI is InChI=1S/C18H13Cl2NOS/c19-14-5-6-16(17(20)9-14)18(22)21-10-12-3-1-2-4-15(12)13-7-8-23-11-13/h1-9,11H,10H2,(H,21,22). The average molecular weight is 362 g/mol. The van der Waals surface area contributed by atoms with Gasteiger partial charge in [-0.1, -0.05) is 47.5 Å². The van der Waals surface area contributed by atoms with Gasteiger partial charge in [0.2, 0.25) is 0 Å². The van der Waals surface area contributed by atoms with Crippen LogP contribution in [0.4, 0.5) is 0 Å². The zero-order valence-corrected chi connectivity index (χ0v) is 14.4. The van der Waals surface area contributed by atoms with E-state index >= 15 is 0 Å². The van der Waals surface area contributed by atoms with E-state index in [1.807, 2.05) is 23.6 Å². The Balaban J connectivity index is 1.77. The van der Waals surface area contributed by atoms with Crippen LogP contribution in [0.1, 0.15) is 15.9 Å². The maximum absolute atomic E-state index is 12.3. The smallest absolute Gasteiger partial charge is 0.253 e. The molecule has 3 rings (SSSR count). The summed E-state index contributed by atoms with van der Waals surface area (Å²) in [5, 5.41) is 7.91. The van der Waals surface area contributed by atoms with Crippen LogP contribution in [0.3, 0.4) is 0 Å². The fourth-order valence-electron chi connectivity index (χ4n) is 2.32. The van der Waals surface area contributed by atoms with Crippen molar-refractivity contribution >= 4 is 40.4 Å². The molecule has 2 aromatic carbocycles. The number of nitrogens with one attached hydrogen (secondary N) is 1. The molecule has 0 fully saturated rings. The van der Waals surface area contributed by atoms with E-state index in [1.54, 1.807) is 29.5 Å².